The number of rotatable bonds is 4. The highest BCUT2D eigenvalue weighted by Crippen LogP contribution is 2.26. The first kappa shape index (κ1) is 17.8. The lowest BCUT2D eigenvalue weighted by Crippen LogP contribution is -2.48. The molecule has 0 spiro atoms. The number of hydrogen-bond acceptors (Lipinski definition) is 8. The molecule has 1 aliphatic rings. The van der Waals surface area contributed by atoms with Crippen LogP contribution in [0.25, 0.3) is 4.96 Å². The highest BCUT2D eigenvalue weighted by atomic mass is 32.2. The number of sulfonamides is 1. The molecule has 2 aromatic heterocycles. The number of nitro groups is 1. The molecule has 3 aromatic rings. The second-order valence-electron chi connectivity index (χ2n) is 6.14. The Balaban J connectivity index is 1.50. The molecular weight excluding hydrogens is 392 g/mol. The molecule has 0 atom stereocenters. The van der Waals surface area contributed by atoms with E-state index >= 15 is 0 Å². The highest BCUT2D eigenvalue weighted by molar-refractivity contribution is 7.89. The minimum Gasteiger partial charge on any atom is -0.344 e. The molecule has 0 radical (unpaired) electrons. The number of anilines is 1. The van der Waals surface area contributed by atoms with Crippen LogP contribution >= 0.6 is 11.3 Å². The van der Waals surface area contributed by atoms with Crippen LogP contribution in [-0.2, 0) is 10.0 Å². The van der Waals surface area contributed by atoms with Gasteiger partial charge in [-0.15, -0.1) is 5.10 Å². The lowest BCUT2D eigenvalue weighted by Gasteiger charge is -2.33. The predicted octanol–water partition coefficient (Wildman–Crippen LogP) is 1.52. The van der Waals surface area contributed by atoms with Gasteiger partial charge in [-0.05, 0) is 13.0 Å². The molecule has 0 bridgehead atoms. The molecule has 1 aromatic carbocycles. The van der Waals surface area contributed by atoms with Crippen LogP contribution in [0.1, 0.15) is 5.69 Å². The van der Waals surface area contributed by atoms with Gasteiger partial charge in [-0.1, -0.05) is 17.4 Å². The van der Waals surface area contributed by atoms with Crippen molar-refractivity contribution in [1.29, 1.82) is 0 Å². The van der Waals surface area contributed by atoms with Gasteiger partial charge in [-0.3, -0.25) is 10.1 Å². The van der Waals surface area contributed by atoms with Gasteiger partial charge in [-0.2, -0.15) is 4.31 Å². The molecule has 0 aliphatic carbocycles. The van der Waals surface area contributed by atoms with Crippen LogP contribution in [0.5, 0.6) is 0 Å². The normalized spacial score (nSPS) is 16.1. The molecule has 0 unspecified atom stereocenters. The summed E-state index contributed by atoms with van der Waals surface area (Å²) in [6.45, 7) is 3.45. The van der Waals surface area contributed by atoms with Crippen molar-refractivity contribution in [1.82, 2.24) is 18.9 Å². The van der Waals surface area contributed by atoms with Crippen molar-refractivity contribution in [2.75, 3.05) is 31.1 Å². The Bertz CT molecular complexity index is 1080. The first-order chi connectivity index (χ1) is 12.8. The third-order valence-electron chi connectivity index (χ3n) is 4.33. The molecule has 10 nitrogen and oxygen atoms in total. The molecule has 3 heterocycles. The third kappa shape index (κ3) is 3.26. The van der Waals surface area contributed by atoms with Gasteiger partial charge in [0.25, 0.3) is 5.69 Å². The molecule has 0 saturated carbocycles. The summed E-state index contributed by atoms with van der Waals surface area (Å²) in [5.41, 5.74) is 0.657. The zero-order chi connectivity index (χ0) is 19.2. The quantitative estimate of drug-likeness (QED) is 0.475. The van der Waals surface area contributed by atoms with Crippen molar-refractivity contribution < 1.29 is 13.3 Å². The van der Waals surface area contributed by atoms with E-state index in [0.717, 1.165) is 21.9 Å². The largest absolute Gasteiger partial charge is 0.344 e. The molecule has 12 heteroatoms. The van der Waals surface area contributed by atoms with E-state index in [1.165, 1.54) is 33.8 Å². The standard InChI is InChI=1S/C15H16N6O4S2/c1-11-10-20-14(16-11)26-15(17-20)18-5-7-19(8-6-18)27(24,25)13-4-2-3-12(9-13)21(22)23/h2-4,9-10H,5-8H2,1H3. The molecule has 0 N–H and O–H groups in total. The summed E-state index contributed by atoms with van der Waals surface area (Å²) in [5, 5.41) is 16.2. The molecule has 1 aliphatic heterocycles. The number of nitro benzene ring substituents is 1. The maximum absolute atomic E-state index is 12.8. The Morgan fingerprint density at radius 2 is 1.96 bits per heavy atom. The molecule has 4 rings (SSSR count). The van der Waals surface area contributed by atoms with Gasteiger partial charge in [0.1, 0.15) is 0 Å². The number of piperazine rings is 1. The number of imidazole rings is 1. The summed E-state index contributed by atoms with van der Waals surface area (Å²) < 4.78 is 28.7. The van der Waals surface area contributed by atoms with Gasteiger partial charge in [0, 0.05) is 38.3 Å². The van der Waals surface area contributed by atoms with E-state index < -0.39 is 14.9 Å². The van der Waals surface area contributed by atoms with E-state index in [1.807, 2.05) is 18.0 Å². The van der Waals surface area contributed by atoms with Crippen molar-refractivity contribution >= 4 is 37.1 Å². The summed E-state index contributed by atoms with van der Waals surface area (Å²) in [6, 6.07) is 5.14. The average molecular weight is 408 g/mol. The first-order valence-corrected chi connectivity index (χ1v) is 10.4. The van der Waals surface area contributed by atoms with E-state index in [9.17, 15) is 18.5 Å². The Morgan fingerprint density at radius 1 is 1.22 bits per heavy atom. The first-order valence-electron chi connectivity index (χ1n) is 8.17. The van der Waals surface area contributed by atoms with Crippen molar-refractivity contribution in [2.24, 2.45) is 0 Å². The van der Waals surface area contributed by atoms with Crippen LogP contribution in [0, 0.1) is 17.0 Å². The average Bonchev–Trinajstić information content (AvgIpc) is 3.19. The Kier molecular flexibility index (Phi) is 4.32. The van der Waals surface area contributed by atoms with E-state index in [0.29, 0.717) is 13.1 Å². The molecule has 1 fully saturated rings. The van der Waals surface area contributed by atoms with Crippen molar-refractivity contribution in [3.8, 4) is 0 Å². The number of benzene rings is 1. The number of aryl methyl sites for hydroxylation is 1. The third-order valence-corrected chi connectivity index (χ3v) is 7.21. The van der Waals surface area contributed by atoms with Gasteiger partial charge in [0.05, 0.1) is 21.7 Å². The van der Waals surface area contributed by atoms with Crippen molar-refractivity contribution in [3.05, 3.63) is 46.3 Å². The van der Waals surface area contributed by atoms with Crippen LogP contribution < -0.4 is 4.90 Å². The zero-order valence-corrected chi connectivity index (χ0v) is 16.0. The second-order valence-corrected chi connectivity index (χ2v) is 9.01. The van der Waals surface area contributed by atoms with Crippen molar-refractivity contribution in [2.45, 2.75) is 11.8 Å². The van der Waals surface area contributed by atoms with Crippen molar-refractivity contribution in [3.63, 3.8) is 0 Å². The van der Waals surface area contributed by atoms with Crippen LogP contribution in [0.2, 0.25) is 0 Å². The lowest BCUT2D eigenvalue weighted by atomic mass is 10.3. The fraction of sp³-hybridized carbons (Fsp3) is 0.333. The zero-order valence-electron chi connectivity index (χ0n) is 14.3. The molecule has 142 valence electrons. The number of hydrogen-bond donors (Lipinski definition) is 0. The van der Waals surface area contributed by atoms with Crippen LogP contribution in [0.4, 0.5) is 10.8 Å². The maximum Gasteiger partial charge on any atom is 0.270 e. The number of aromatic nitrogens is 3. The van der Waals surface area contributed by atoms with Gasteiger partial charge in [-0.25, -0.2) is 17.9 Å². The van der Waals surface area contributed by atoms with E-state index in [1.54, 1.807) is 4.52 Å². The molecule has 27 heavy (non-hydrogen) atoms. The fourth-order valence-electron chi connectivity index (χ4n) is 2.95. The second kappa shape index (κ2) is 6.55. The lowest BCUT2D eigenvalue weighted by molar-refractivity contribution is -0.385. The minimum atomic E-state index is -3.78. The summed E-state index contributed by atoms with van der Waals surface area (Å²) in [4.78, 5) is 17.4. The van der Waals surface area contributed by atoms with Gasteiger partial charge >= 0.3 is 0 Å². The van der Waals surface area contributed by atoms with E-state index in [-0.39, 0.29) is 23.7 Å². The predicted molar refractivity (Wildman–Crippen MR) is 99.7 cm³/mol. The fourth-order valence-corrected chi connectivity index (χ4v) is 5.40. The molecule has 1 saturated heterocycles. The summed E-state index contributed by atoms with van der Waals surface area (Å²) in [6.07, 6.45) is 1.85. The van der Waals surface area contributed by atoms with Gasteiger partial charge < -0.3 is 4.90 Å². The Labute approximate surface area is 158 Å². The minimum absolute atomic E-state index is 0.0617. The van der Waals surface area contributed by atoms with Crippen LogP contribution in [-0.4, -0.2) is 58.4 Å². The summed E-state index contributed by atoms with van der Waals surface area (Å²) >= 11 is 1.46. The summed E-state index contributed by atoms with van der Waals surface area (Å²) in [5.74, 6) is 0. The van der Waals surface area contributed by atoms with E-state index in [2.05, 4.69) is 10.1 Å². The van der Waals surface area contributed by atoms with Crippen LogP contribution in [0.15, 0.2) is 35.4 Å². The SMILES string of the molecule is Cc1cn2nc(N3CCN(S(=O)(=O)c4cccc([N+](=O)[O-])c4)CC3)sc2n1. The molecular formula is C15H16N6O4S2. The summed E-state index contributed by atoms with van der Waals surface area (Å²) in [7, 11) is -3.78. The van der Waals surface area contributed by atoms with Gasteiger partial charge in [0.15, 0.2) is 0 Å². The Hall–Kier alpha value is -2.57. The van der Waals surface area contributed by atoms with E-state index in [4.69, 9.17) is 0 Å². The number of nitrogens with zero attached hydrogens (tertiary/aromatic N) is 6. The maximum atomic E-state index is 12.8. The topological polar surface area (TPSA) is 114 Å². The van der Waals surface area contributed by atoms with Crippen LogP contribution in [0.3, 0.4) is 0 Å². The Morgan fingerprint density at radius 3 is 2.63 bits per heavy atom. The van der Waals surface area contributed by atoms with Gasteiger partial charge in [0.2, 0.25) is 20.1 Å². The highest BCUT2D eigenvalue weighted by Gasteiger charge is 2.30. The monoisotopic (exact) mass is 408 g/mol. The smallest absolute Gasteiger partial charge is 0.270 e. The number of fused-ring (bicyclic) bond motifs is 1. The molecule has 0 amide bonds. The number of non-ortho nitro benzene ring substituents is 1.